The SMILES string of the molecule is CCn1c(SCC(=O)N2CCN(CC3CCCO3)CC2)nnc1-c1ccccc1C. The lowest BCUT2D eigenvalue weighted by Gasteiger charge is -2.35. The fourth-order valence-corrected chi connectivity index (χ4v) is 5.08. The third-order valence-electron chi connectivity index (χ3n) is 5.95. The number of rotatable bonds is 7. The average molecular weight is 430 g/mol. The van der Waals surface area contributed by atoms with E-state index in [9.17, 15) is 4.79 Å². The van der Waals surface area contributed by atoms with Crippen LogP contribution < -0.4 is 0 Å². The molecule has 0 spiro atoms. The summed E-state index contributed by atoms with van der Waals surface area (Å²) in [5, 5.41) is 9.60. The van der Waals surface area contributed by atoms with Crippen molar-refractivity contribution >= 4 is 17.7 Å². The molecule has 2 fully saturated rings. The number of thioether (sulfide) groups is 1. The molecule has 2 aliphatic heterocycles. The molecule has 1 unspecified atom stereocenters. The van der Waals surface area contributed by atoms with Crippen LogP contribution in [0.2, 0.25) is 0 Å². The summed E-state index contributed by atoms with van der Waals surface area (Å²) in [5.74, 6) is 1.45. The van der Waals surface area contributed by atoms with Crippen LogP contribution in [-0.2, 0) is 16.1 Å². The number of carbonyl (C=O) groups is 1. The second kappa shape index (κ2) is 9.94. The number of benzene rings is 1. The average Bonchev–Trinajstić information content (AvgIpc) is 3.42. The molecule has 30 heavy (non-hydrogen) atoms. The van der Waals surface area contributed by atoms with Crippen molar-refractivity contribution in [3.63, 3.8) is 0 Å². The quantitative estimate of drug-likeness (QED) is 0.631. The molecule has 0 N–H and O–H groups in total. The Morgan fingerprint density at radius 2 is 2.00 bits per heavy atom. The molecule has 7 nitrogen and oxygen atoms in total. The Hall–Kier alpha value is -1.90. The van der Waals surface area contributed by atoms with E-state index in [0.717, 1.165) is 62.4 Å². The topological polar surface area (TPSA) is 63.5 Å². The molecule has 2 saturated heterocycles. The zero-order valence-electron chi connectivity index (χ0n) is 17.9. The van der Waals surface area contributed by atoms with Gasteiger partial charge in [-0.1, -0.05) is 36.0 Å². The second-order valence-corrected chi connectivity index (χ2v) is 8.91. The Balaban J connectivity index is 1.31. The van der Waals surface area contributed by atoms with Gasteiger partial charge in [-0.05, 0) is 32.3 Å². The fraction of sp³-hybridized carbons (Fsp3) is 0.591. The summed E-state index contributed by atoms with van der Waals surface area (Å²) in [5.41, 5.74) is 2.26. The third-order valence-corrected chi connectivity index (χ3v) is 6.91. The van der Waals surface area contributed by atoms with Crippen molar-refractivity contribution in [3.8, 4) is 11.4 Å². The number of aryl methyl sites for hydroxylation is 1. The van der Waals surface area contributed by atoms with Gasteiger partial charge < -0.3 is 14.2 Å². The normalized spacial score (nSPS) is 20.1. The maximum Gasteiger partial charge on any atom is 0.233 e. The molecule has 0 radical (unpaired) electrons. The van der Waals surface area contributed by atoms with Gasteiger partial charge >= 0.3 is 0 Å². The molecule has 3 heterocycles. The van der Waals surface area contributed by atoms with E-state index < -0.39 is 0 Å². The highest BCUT2D eigenvalue weighted by molar-refractivity contribution is 7.99. The van der Waals surface area contributed by atoms with E-state index >= 15 is 0 Å². The van der Waals surface area contributed by atoms with Gasteiger partial charge in [0, 0.05) is 51.4 Å². The predicted molar refractivity (Wildman–Crippen MR) is 119 cm³/mol. The van der Waals surface area contributed by atoms with E-state index in [1.165, 1.54) is 30.2 Å². The van der Waals surface area contributed by atoms with Crippen molar-refractivity contribution in [2.24, 2.45) is 0 Å². The van der Waals surface area contributed by atoms with E-state index in [1.807, 2.05) is 17.0 Å². The first-order valence-electron chi connectivity index (χ1n) is 10.9. The Labute approximate surface area is 182 Å². The number of hydrogen-bond donors (Lipinski definition) is 0. The van der Waals surface area contributed by atoms with Gasteiger partial charge in [0.1, 0.15) is 0 Å². The molecule has 162 valence electrons. The van der Waals surface area contributed by atoms with Crippen LogP contribution in [0.15, 0.2) is 29.4 Å². The highest BCUT2D eigenvalue weighted by Gasteiger charge is 2.25. The summed E-state index contributed by atoms with van der Waals surface area (Å²) < 4.78 is 7.84. The maximum absolute atomic E-state index is 12.8. The molecule has 1 aromatic carbocycles. The van der Waals surface area contributed by atoms with Crippen LogP contribution in [-0.4, -0.2) is 81.7 Å². The van der Waals surface area contributed by atoms with Crippen LogP contribution in [0.3, 0.4) is 0 Å². The number of nitrogens with zero attached hydrogens (tertiary/aromatic N) is 5. The molecular weight excluding hydrogens is 398 g/mol. The monoisotopic (exact) mass is 429 g/mol. The van der Waals surface area contributed by atoms with Gasteiger partial charge in [-0.2, -0.15) is 0 Å². The lowest BCUT2D eigenvalue weighted by atomic mass is 10.1. The number of hydrogen-bond acceptors (Lipinski definition) is 6. The summed E-state index contributed by atoms with van der Waals surface area (Å²) in [6.07, 6.45) is 2.72. The van der Waals surface area contributed by atoms with Gasteiger partial charge in [-0.15, -0.1) is 10.2 Å². The minimum atomic E-state index is 0.180. The van der Waals surface area contributed by atoms with Crippen molar-refractivity contribution < 1.29 is 9.53 Å². The number of amides is 1. The minimum Gasteiger partial charge on any atom is -0.377 e. The molecule has 8 heteroatoms. The smallest absolute Gasteiger partial charge is 0.233 e. The summed E-state index contributed by atoms with van der Waals surface area (Å²) in [6, 6.07) is 8.20. The van der Waals surface area contributed by atoms with Crippen molar-refractivity contribution in [2.75, 3.05) is 45.1 Å². The molecular formula is C22H31N5O2S. The van der Waals surface area contributed by atoms with Gasteiger partial charge in [0.25, 0.3) is 0 Å². The largest absolute Gasteiger partial charge is 0.377 e. The first-order chi connectivity index (χ1) is 14.7. The van der Waals surface area contributed by atoms with Crippen LogP contribution in [0.25, 0.3) is 11.4 Å². The van der Waals surface area contributed by atoms with Crippen LogP contribution in [0, 0.1) is 6.92 Å². The van der Waals surface area contributed by atoms with Gasteiger partial charge in [-0.25, -0.2) is 0 Å². The Bertz CT molecular complexity index is 857. The lowest BCUT2D eigenvalue weighted by molar-refractivity contribution is -0.130. The van der Waals surface area contributed by atoms with Gasteiger partial charge in [0.05, 0.1) is 11.9 Å². The van der Waals surface area contributed by atoms with Crippen molar-refractivity contribution in [1.29, 1.82) is 0 Å². The third kappa shape index (κ3) is 4.87. The zero-order chi connectivity index (χ0) is 20.9. The predicted octanol–water partition coefficient (Wildman–Crippen LogP) is 2.69. The zero-order valence-corrected chi connectivity index (χ0v) is 18.7. The fourth-order valence-electron chi connectivity index (χ4n) is 4.18. The maximum atomic E-state index is 12.8. The highest BCUT2D eigenvalue weighted by atomic mass is 32.2. The summed E-state index contributed by atoms with van der Waals surface area (Å²) in [4.78, 5) is 17.2. The van der Waals surface area contributed by atoms with E-state index in [4.69, 9.17) is 4.74 Å². The number of aromatic nitrogens is 3. The number of ether oxygens (including phenoxy) is 1. The molecule has 1 atom stereocenters. The summed E-state index contributed by atoms with van der Waals surface area (Å²) in [6.45, 7) is 10.3. The summed E-state index contributed by atoms with van der Waals surface area (Å²) >= 11 is 1.49. The molecule has 0 bridgehead atoms. The first kappa shape index (κ1) is 21.3. The first-order valence-corrected chi connectivity index (χ1v) is 11.9. The Morgan fingerprint density at radius 1 is 1.20 bits per heavy atom. The van der Waals surface area contributed by atoms with Gasteiger partial charge in [-0.3, -0.25) is 9.69 Å². The molecule has 0 saturated carbocycles. The molecule has 2 aromatic rings. The molecule has 2 aliphatic rings. The van der Waals surface area contributed by atoms with Crippen LogP contribution in [0.5, 0.6) is 0 Å². The van der Waals surface area contributed by atoms with Crippen LogP contribution in [0.4, 0.5) is 0 Å². The van der Waals surface area contributed by atoms with Gasteiger partial charge in [0.2, 0.25) is 5.91 Å². The van der Waals surface area contributed by atoms with Gasteiger partial charge in [0.15, 0.2) is 11.0 Å². The highest BCUT2D eigenvalue weighted by Crippen LogP contribution is 2.26. The Morgan fingerprint density at radius 3 is 2.70 bits per heavy atom. The standard InChI is InChI=1S/C22H31N5O2S/c1-3-27-21(19-9-5-4-7-17(19)2)23-24-22(27)30-16-20(28)26-12-10-25(11-13-26)15-18-8-6-14-29-18/h4-5,7,9,18H,3,6,8,10-16H2,1-2H3. The molecule has 1 aromatic heterocycles. The van der Waals surface area contributed by atoms with E-state index in [-0.39, 0.29) is 5.91 Å². The molecule has 0 aliphatic carbocycles. The van der Waals surface area contributed by atoms with E-state index in [1.54, 1.807) is 0 Å². The van der Waals surface area contributed by atoms with E-state index in [2.05, 4.69) is 45.6 Å². The number of carbonyl (C=O) groups excluding carboxylic acids is 1. The van der Waals surface area contributed by atoms with E-state index in [0.29, 0.717) is 11.9 Å². The Kier molecular flexibility index (Phi) is 7.07. The molecule has 4 rings (SSSR count). The number of piperazine rings is 1. The van der Waals surface area contributed by atoms with Crippen LogP contribution >= 0.6 is 11.8 Å². The van der Waals surface area contributed by atoms with Crippen molar-refractivity contribution in [3.05, 3.63) is 29.8 Å². The molecule has 1 amide bonds. The lowest BCUT2D eigenvalue weighted by Crippen LogP contribution is -2.50. The summed E-state index contributed by atoms with van der Waals surface area (Å²) in [7, 11) is 0. The van der Waals surface area contributed by atoms with Crippen molar-refractivity contribution in [2.45, 2.75) is 44.5 Å². The minimum absolute atomic E-state index is 0.180. The van der Waals surface area contributed by atoms with Crippen LogP contribution in [0.1, 0.15) is 25.3 Å². The van der Waals surface area contributed by atoms with Crippen molar-refractivity contribution in [1.82, 2.24) is 24.6 Å². The second-order valence-electron chi connectivity index (χ2n) is 7.97.